The first-order valence-corrected chi connectivity index (χ1v) is 8.17. The van der Waals surface area contributed by atoms with Gasteiger partial charge in [-0.05, 0) is 18.2 Å². The van der Waals surface area contributed by atoms with Crippen LogP contribution in [0.15, 0.2) is 35.2 Å². The summed E-state index contributed by atoms with van der Waals surface area (Å²) >= 11 is 6.17. The number of imidazole rings is 1. The summed E-state index contributed by atoms with van der Waals surface area (Å²) in [7, 11) is -3.25. The Morgan fingerprint density at radius 1 is 1.19 bits per heavy atom. The van der Waals surface area contributed by atoms with Crippen molar-refractivity contribution in [2.24, 2.45) is 0 Å². The Kier molecular flexibility index (Phi) is 3.11. The molecule has 0 bridgehead atoms. The number of benzene rings is 1. The fourth-order valence-electron chi connectivity index (χ4n) is 1.97. The molecule has 0 aliphatic rings. The summed E-state index contributed by atoms with van der Waals surface area (Å²) in [5.74, 6) is 0. The van der Waals surface area contributed by atoms with Crippen LogP contribution in [-0.4, -0.2) is 34.7 Å². The van der Waals surface area contributed by atoms with E-state index in [2.05, 4.69) is 15.0 Å². The Labute approximate surface area is 125 Å². The third kappa shape index (κ3) is 2.57. The molecule has 3 rings (SSSR count). The number of nitrogens with zero attached hydrogens (tertiary/aromatic N) is 2. The summed E-state index contributed by atoms with van der Waals surface area (Å²) in [6.07, 6.45) is 1.14. The van der Waals surface area contributed by atoms with E-state index in [1.807, 2.05) is 0 Å². The fourth-order valence-corrected chi connectivity index (χ4v) is 2.86. The van der Waals surface area contributed by atoms with Crippen molar-refractivity contribution in [2.75, 3.05) is 6.26 Å². The lowest BCUT2D eigenvalue weighted by Crippen LogP contribution is -1.96. The van der Waals surface area contributed by atoms with Gasteiger partial charge in [-0.15, -0.1) is 0 Å². The molecule has 2 N–H and O–H groups in total. The summed E-state index contributed by atoms with van der Waals surface area (Å²) in [6.45, 7) is 0. The molecule has 3 aromatic rings. The molecular formula is C13H10ClN3O3S. The number of aromatic hydroxyl groups is 1. The number of sulfone groups is 1. The van der Waals surface area contributed by atoms with Gasteiger partial charge < -0.3 is 10.1 Å². The van der Waals surface area contributed by atoms with Crippen LogP contribution >= 0.6 is 11.6 Å². The monoisotopic (exact) mass is 323 g/mol. The zero-order chi connectivity index (χ0) is 15.2. The third-order valence-electron chi connectivity index (χ3n) is 2.97. The van der Waals surface area contributed by atoms with Crippen molar-refractivity contribution < 1.29 is 13.5 Å². The number of hydrogen-bond acceptors (Lipinski definition) is 5. The molecule has 2 heterocycles. The van der Waals surface area contributed by atoms with E-state index >= 15 is 0 Å². The molecule has 2 aromatic heterocycles. The second kappa shape index (κ2) is 4.71. The van der Waals surface area contributed by atoms with Crippen molar-refractivity contribution in [3.8, 4) is 17.3 Å². The van der Waals surface area contributed by atoms with Crippen LogP contribution in [0.3, 0.4) is 0 Å². The number of aromatic amines is 1. The normalized spacial score (nSPS) is 11.9. The number of halogens is 1. The molecule has 0 aliphatic carbocycles. The van der Waals surface area contributed by atoms with Gasteiger partial charge in [0.2, 0.25) is 0 Å². The molecule has 1 aromatic carbocycles. The van der Waals surface area contributed by atoms with E-state index in [-0.39, 0.29) is 10.9 Å². The van der Waals surface area contributed by atoms with Crippen molar-refractivity contribution in [3.63, 3.8) is 0 Å². The van der Waals surface area contributed by atoms with Crippen molar-refractivity contribution in [3.05, 3.63) is 35.4 Å². The lowest BCUT2D eigenvalue weighted by Gasteiger charge is -2.05. The Morgan fingerprint density at radius 3 is 2.48 bits per heavy atom. The highest BCUT2D eigenvalue weighted by Gasteiger charge is 2.12. The molecule has 0 amide bonds. The van der Waals surface area contributed by atoms with E-state index in [4.69, 9.17) is 11.6 Å². The first kappa shape index (κ1) is 13.8. The number of fused-ring (bicyclic) bond motifs is 1. The van der Waals surface area contributed by atoms with Crippen LogP contribution in [0.5, 0.6) is 6.01 Å². The topological polar surface area (TPSA) is 95.9 Å². The third-order valence-corrected chi connectivity index (χ3v) is 4.39. The van der Waals surface area contributed by atoms with Crippen LogP contribution in [0, 0.1) is 0 Å². The van der Waals surface area contributed by atoms with Gasteiger partial charge in [-0.3, -0.25) is 0 Å². The van der Waals surface area contributed by atoms with Crippen LogP contribution in [0.1, 0.15) is 0 Å². The second-order valence-corrected chi connectivity index (χ2v) is 6.97. The molecule has 0 saturated carbocycles. The number of nitrogens with one attached hydrogen (secondary N) is 1. The van der Waals surface area contributed by atoms with Crippen LogP contribution in [-0.2, 0) is 9.84 Å². The van der Waals surface area contributed by atoms with Gasteiger partial charge in [-0.25, -0.2) is 13.4 Å². The number of aromatic nitrogens is 3. The van der Waals surface area contributed by atoms with Gasteiger partial charge >= 0.3 is 0 Å². The maximum atomic E-state index is 11.4. The molecular weight excluding hydrogens is 314 g/mol. The van der Waals surface area contributed by atoms with E-state index in [0.29, 0.717) is 27.4 Å². The first-order chi connectivity index (χ1) is 9.84. The maximum absolute atomic E-state index is 11.4. The Morgan fingerprint density at radius 2 is 1.86 bits per heavy atom. The molecule has 6 nitrogen and oxygen atoms in total. The quantitative estimate of drug-likeness (QED) is 0.755. The lowest BCUT2D eigenvalue weighted by molar-refractivity contribution is 0.438. The van der Waals surface area contributed by atoms with Crippen molar-refractivity contribution in [1.82, 2.24) is 15.0 Å². The summed E-state index contributed by atoms with van der Waals surface area (Å²) in [5.41, 5.74) is 1.99. The van der Waals surface area contributed by atoms with Crippen LogP contribution in [0.4, 0.5) is 0 Å². The van der Waals surface area contributed by atoms with Gasteiger partial charge in [-0.1, -0.05) is 23.7 Å². The summed E-state index contributed by atoms with van der Waals surface area (Å²) in [5, 5.41) is 9.69. The smallest absolute Gasteiger partial charge is 0.293 e. The standard InChI is InChI=1S/C13H10ClN3O3S/c1-21(19,20)8-4-2-7(3-5-8)11-9(14)6-10-12(16-11)17-13(18)15-10/h2-6H,1H3,(H2,15,16,17,18). The van der Waals surface area contributed by atoms with Gasteiger partial charge in [0.25, 0.3) is 6.01 Å². The average Bonchev–Trinajstić information content (AvgIpc) is 2.76. The zero-order valence-corrected chi connectivity index (χ0v) is 12.4. The van der Waals surface area contributed by atoms with Gasteiger partial charge in [0.1, 0.15) is 0 Å². The van der Waals surface area contributed by atoms with Gasteiger partial charge in [-0.2, -0.15) is 4.98 Å². The molecule has 0 unspecified atom stereocenters. The predicted octanol–water partition coefficient (Wildman–Crippen LogP) is 2.39. The van der Waals surface area contributed by atoms with Crippen molar-refractivity contribution >= 4 is 32.6 Å². The van der Waals surface area contributed by atoms with E-state index in [1.54, 1.807) is 18.2 Å². The molecule has 0 saturated heterocycles. The van der Waals surface area contributed by atoms with E-state index in [9.17, 15) is 13.5 Å². The summed E-state index contributed by atoms with van der Waals surface area (Å²) in [4.78, 5) is 11.0. The SMILES string of the molecule is CS(=O)(=O)c1ccc(-c2nc3nc(O)[nH]c3cc2Cl)cc1. The van der Waals surface area contributed by atoms with Gasteiger partial charge in [0.05, 0.1) is 21.1 Å². The number of pyridine rings is 1. The lowest BCUT2D eigenvalue weighted by atomic mass is 10.1. The molecule has 8 heteroatoms. The van der Waals surface area contributed by atoms with Crippen LogP contribution in [0.2, 0.25) is 5.02 Å². The van der Waals surface area contributed by atoms with Crippen LogP contribution < -0.4 is 0 Å². The van der Waals surface area contributed by atoms with Crippen molar-refractivity contribution in [2.45, 2.75) is 4.90 Å². The molecule has 0 aliphatic heterocycles. The van der Waals surface area contributed by atoms with E-state index < -0.39 is 9.84 Å². The molecule has 0 radical (unpaired) electrons. The highest BCUT2D eigenvalue weighted by molar-refractivity contribution is 7.90. The maximum Gasteiger partial charge on any atom is 0.293 e. The molecule has 0 spiro atoms. The second-order valence-electron chi connectivity index (χ2n) is 4.55. The summed E-state index contributed by atoms with van der Waals surface area (Å²) < 4.78 is 22.9. The summed E-state index contributed by atoms with van der Waals surface area (Å²) in [6, 6.07) is 7.62. The molecule has 108 valence electrons. The highest BCUT2D eigenvalue weighted by Crippen LogP contribution is 2.29. The van der Waals surface area contributed by atoms with Crippen LogP contribution in [0.25, 0.3) is 22.4 Å². The largest absolute Gasteiger partial charge is 0.480 e. The van der Waals surface area contributed by atoms with Crippen molar-refractivity contribution in [1.29, 1.82) is 0 Å². The fraction of sp³-hybridized carbons (Fsp3) is 0.0769. The number of H-pyrrole nitrogens is 1. The minimum Gasteiger partial charge on any atom is -0.480 e. The molecule has 0 atom stereocenters. The molecule has 21 heavy (non-hydrogen) atoms. The van der Waals surface area contributed by atoms with Gasteiger partial charge in [0.15, 0.2) is 15.5 Å². The predicted molar refractivity (Wildman–Crippen MR) is 79.1 cm³/mol. The zero-order valence-electron chi connectivity index (χ0n) is 10.8. The molecule has 0 fully saturated rings. The Balaban J connectivity index is 2.13. The van der Waals surface area contributed by atoms with E-state index in [1.165, 1.54) is 12.1 Å². The van der Waals surface area contributed by atoms with Gasteiger partial charge in [0, 0.05) is 11.8 Å². The Bertz CT molecular complexity index is 933. The minimum absolute atomic E-state index is 0.223. The average molecular weight is 324 g/mol. The van der Waals surface area contributed by atoms with E-state index in [0.717, 1.165) is 6.26 Å². The first-order valence-electron chi connectivity index (χ1n) is 5.90. The number of hydrogen-bond donors (Lipinski definition) is 2. The highest BCUT2D eigenvalue weighted by atomic mass is 35.5. The minimum atomic E-state index is -3.25. The Hall–Kier alpha value is -2.12. The number of rotatable bonds is 2.